The Kier molecular flexibility index (Phi) is 10.2. The first-order valence-electron chi connectivity index (χ1n) is 11.5. The minimum Gasteiger partial charge on any atom is -0.381 e. The number of nitrogens with one attached hydrogen (secondary N) is 2. The van der Waals surface area contributed by atoms with E-state index in [0.29, 0.717) is 5.92 Å². The Balaban J connectivity index is 1.27. The maximum atomic E-state index is 5.84. The summed E-state index contributed by atoms with van der Waals surface area (Å²) in [7, 11) is 0. The van der Waals surface area contributed by atoms with E-state index in [1.165, 1.54) is 41.3 Å². The highest BCUT2D eigenvalue weighted by molar-refractivity contribution is 7.11. The smallest absolute Gasteiger partial charge is 0.191 e. The van der Waals surface area contributed by atoms with Crippen LogP contribution in [0.25, 0.3) is 0 Å². The standard InChI is InChI=1S/C22H38N4O2S/c1-2-23-22(25-13-6-14-28-17-18-10-15-27-16-11-18)24-12-5-9-21-26-19-7-3-4-8-20(19)29-21/h18H,2-17H2,1H3,(H2,23,24,25). The Hall–Kier alpha value is -1.18. The Bertz CT molecular complexity index is 590. The molecule has 1 saturated heterocycles. The van der Waals surface area contributed by atoms with Gasteiger partial charge in [0.2, 0.25) is 0 Å². The van der Waals surface area contributed by atoms with Gasteiger partial charge in [-0.1, -0.05) is 0 Å². The molecule has 164 valence electrons. The molecule has 2 N–H and O–H groups in total. The molecule has 2 heterocycles. The second kappa shape index (κ2) is 13.2. The number of hydrogen-bond acceptors (Lipinski definition) is 5. The lowest BCUT2D eigenvalue weighted by molar-refractivity contribution is 0.0203. The third-order valence-electron chi connectivity index (χ3n) is 5.51. The fraction of sp³-hybridized carbons (Fsp3) is 0.818. The van der Waals surface area contributed by atoms with Crippen molar-refractivity contribution in [1.82, 2.24) is 15.6 Å². The third kappa shape index (κ3) is 8.22. The molecule has 2 aliphatic rings. The van der Waals surface area contributed by atoms with Gasteiger partial charge in [-0.05, 0) is 64.2 Å². The Morgan fingerprint density at radius 1 is 1.21 bits per heavy atom. The number of guanidine groups is 1. The average molecular weight is 423 g/mol. The Morgan fingerprint density at radius 2 is 2.07 bits per heavy atom. The number of rotatable bonds is 11. The van der Waals surface area contributed by atoms with Crippen molar-refractivity contribution < 1.29 is 9.47 Å². The van der Waals surface area contributed by atoms with Crippen LogP contribution in [0.3, 0.4) is 0 Å². The van der Waals surface area contributed by atoms with Crippen molar-refractivity contribution in [2.45, 2.75) is 64.7 Å². The zero-order chi connectivity index (χ0) is 20.2. The molecule has 29 heavy (non-hydrogen) atoms. The normalized spacial score (nSPS) is 17.9. The van der Waals surface area contributed by atoms with Crippen molar-refractivity contribution in [3.63, 3.8) is 0 Å². The van der Waals surface area contributed by atoms with E-state index in [1.807, 2.05) is 11.3 Å². The predicted molar refractivity (Wildman–Crippen MR) is 120 cm³/mol. The Labute approximate surface area is 179 Å². The SMILES string of the molecule is CCNC(=NCCCc1nc2c(s1)CCCC2)NCCCOCC1CCOCC1. The molecule has 1 aliphatic carbocycles. The molecule has 0 atom stereocenters. The second-order valence-electron chi connectivity index (χ2n) is 7.96. The summed E-state index contributed by atoms with van der Waals surface area (Å²) in [6.45, 7) is 8.17. The van der Waals surface area contributed by atoms with Crippen molar-refractivity contribution in [2.75, 3.05) is 46.1 Å². The van der Waals surface area contributed by atoms with Crippen molar-refractivity contribution in [3.05, 3.63) is 15.6 Å². The summed E-state index contributed by atoms with van der Waals surface area (Å²) in [5.41, 5.74) is 1.37. The summed E-state index contributed by atoms with van der Waals surface area (Å²) >= 11 is 1.92. The Morgan fingerprint density at radius 3 is 2.90 bits per heavy atom. The molecule has 0 amide bonds. The van der Waals surface area contributed by atoms with E-state index < -0.39 is 0 Å². The van der Waals surface area contributed by atoms with Gasteiger partial charge in [0.15, 0.2) is 5.96 Å². The lowest BCUT2D eigenvalue weighted by atomic mass is 10.0. The summed E-state index contributed by atoms with van der Waals surface area (Å²) in [4.78, 5) is 11.1. The van der Waals surface area contributed by atoms with E-state index in [2.05, 4.69) is 17.6 Å². The predicted octanol–water partition coefficient (Wildman–Crippen LogP) is 3.34. The summed E-state index contributed by atoms with van der Waals surface area (Å²) in [6, 6.07) is 0. The molecule has 6 nitrogen and oxygen atoms in total. The van der Waals surface area contributed by atoms with Crippen molar-refractivity contribution in [3.8, 4) is 0 Å². The van der Waals surface area contributed by atoms with Crippen LogP contribution in [0, 0.1) is 5.92 Å². The van der Waals surface area contributed by atoms with Gasteiger partial charge < -0.3 is 20.1 Å². The molecule has 0 spiro atoms. The highest BCUT2D eigenvalue weighted by atomic mass is 32.1. The minimum atomic E-state index is 0.680. The van der Waals surface area contributed by atoms with E-state index in [1.54, 1.807) is 0 Å². The fourth-order valence-electron chi connectivity index (χ4n) is 3.82. The average Bonchev–Trinajstić information content (AvgIpc) is 3.17. The van der Waals surface area contributed by atoms with Crippen LogP contribution in [-0.2, 0) is 28.7 Å². The molecule has 1 aliphatic heterocycles. The molecule has 0 bridgehead atoms. The molecule has 1 aromatic rings. The van der Waals surface area contributed by atoms with E-state index >= 15 is 0 Å². The zero-order valence-electron chi connectivity index (χ0n) is 18.0. The van der Waals surface area contributed by atoms with Crippen molar-refractivity contribution >= 4 is 17.3 Å². The number of nitrogens with zero attached hydrogens (tertiary/aromatic N) is 2. The van der Waals surface area contributed by atoms with E-state index in [0.717, 1.165) is 84.1 Å². The number of aromatic nitrogens is 1. The van der Waals surface area contributed by atoms with Gasteiger partial charge in [0, 0.05) is 57.4 Å². The molecule has 7 heteroatoms. The zero-order valence-corrected chi connectivity index (χ0v) is 18.8. The lowest BCUT2D eigenvalue weighted by Gasteiger charge is -2.21. The van der Waals surface area contributed by atoms with Crippen molar-refractivity contribution in [2.24, 2.45) is 10.9 Å². The molecule has 0 unspecified atom stereocenters. The van der Waals surface area contributed by atoms with Gasteiger partial charge >= 0.3 is 0 Å². The van der Waals surface area contributed by atoms with Gasteiger partial charge in [0.25, 0.3) is 0 Å². The summed E-state index contributed by atoms with van der Waals surface area (Å²) < 4.78 is 11.2. The number of hydrogen-bond donors (Lipinski definition) is 2. The van der Waals surface area contributed by atoms with Gasteiger partial charge in [0.1, 0.15) is 0 Å². The molecule has 0 saturated carbocycles. The largest absolute Gasteiger partial charge is 0.381 e. The van der Waals surface area contributed by atoms with Gasteiger partial charge in [-0.3, -0.25) is 4.99 Å². The number of thiazole rings is 1. The maximum Gasteiger partial charge on any atom is 0.191 e. The first kappa shape index (κ1) is 22.5. The summed E-state index contributed by atoms with van der Waals surface area (Å²) in [5.74, 6) is 1.59. The van der Waals surface area contributed by atoms with E-state index in [-0.39, 0.29) is 0 Å². The fourth-order valence-corrected chi connectivity index (χ4v) is 5.02. The van der Waals surface area contributed by atoms with Crippen LogP contribution in [0.15, 0.2) is 4.99 Å². The van der Waals surface area contributed by atoms with Crippen LogP contribution < -0.4 is 10.6 Å². The third-order valence-corrected chi connectivity index (χ3v) is 6.72. The highest BCUT2D eigenvalue weighted by Gasteiger charge is 2.15. The molecular formula is C22H38N4O2S. The second-order valence-corrected chi connectivity index (χ2v) is 9.13. The molecule has 1 aromatic heterocycles. The first-order chi connectivity index (χ1) is 14.3. The number of fused-ring (bicyclic) bond motifs is 1. The topological polar surface area (TPSA) is 67.8 Å². The maximum absolute atomic E-state index is 5.84. The van der Waals surface area contributed by atoms with Gasteiger partial charge in [-0.25, -0.2) is 4.98 Å². The van der Waals surface area contributed by atoms with Crippen LogP contribution in [0.4, 0.5) is 0 Å². The van der Waals surface area contributed by atoms with Crippen LogP contribution in [-0.4, -0.2) is 57.0 Å². The quantitative estimate of drug-likeness (QED) is 0.325. The van der Waals surface area contributed by atoms with Gasteiger partial charge in [-0.15, -0.1) is 11.3 Å². The number of ether oxygens (including phenoxy) is 2. The highest BCUT2D eigenvalue weighted by Crippen LogP contribution is 2.27. The van der Waals surface area contributed by atoms with Crippen LogP contribution in [0.2, 0.25) is 0 Å². The lowest BCUT2D eigenvalue weighted by Crippen LogP contribution is -2.38. The summed E-state index contributed by atoms with van der Waals surface area (Å²) in [6.07, 6.45) is 10.4. The van der Waals surface area contributed by atoms with Gasteiger partial charge in [0.05, 0.1) is 10.7 Å². The van der Waals surface area contributed by atoms with Crippen LogP contribution in [0.1, 0.15) is 61.0 Å². The molecule has 0 radical (unpaired) electrons. The van der Waals surface area contributed by atoms with Gasteiger partial charge in [-0.2, -0.15) is 0 Å². The number of aliphatic imine (C=N–C) groups is 1. The minimum absolute atomic E-state index is 0.680. The molecular weight excluding hydrogens is 384 g/mol. The monoisotopic (exact) mass is 422 g/mol. The number of aryl methyl sites for hydroxylation is 3. The van der Waals surface area contributed by atoms with Crippen LogP contribution >= 0.6 is 11.3 Å². The summed E-state index contributed by atoms with van der Waals surface area (Å²) in [5, 5.41) is 8.06. The molecule has 1 fully saturated rings. The molecule has 3 rings (SSSR count). The van der Waals surface area contributed by atoms with E-state index in [4.69, 9.17) is 19.5 Å². The van der Waals surface area contributed by atoms with Crippen molar-refractivity contribution in [1.29, 1.82) is 0 Å². The molecule has 0 aromatic carbocycles. The van der Waals surface area contributed by atoms with Crippen LogP contribution in [0.5, 0.6) is 0 Å². The van der Waals surface area contributed by atoms with E-state index in [9.17, 15) is 0 Å². The first-order valence-corrected chi connectivity index (χ1v) is 12.3.